The molecule has 9 heteroatoms. The van der Waals surface area contributed by atoms with Crippen molar-refractivity contribution in [2.75, 3.05) is 18.9 Å². The van der Waals surface area contributed by atoms with E-state index in [4.69, 9.17) is 11.6 Å². The molecule has 2 aliphatic heterocycles. The highest BCUT2D eigenvalue weighted by molar-refractivity contribution is 6.33. The lowest BCUT2D eigenvalue weighted by atomic mass is 10.00. The number of likely N-dealkylation sites (N-methyl/N-ethyl adjacent to an activating group) is 1. The number of pyridine rings is 2. The molecule has 2 aliphatic rings. The number of hydrogen-bond donors (Lipinski definition) is 2. The fourth-order valence-electron chi connectivity index (χ4n) is 4.16. The van der Waals surface area contributed by atoms with E-state index in [9.17, 15) is 14.0 Å². The summed E-state index contributed by atoms with van der Waals surface area (Å²) in [6, 6.07) is 9.64. The molecule has 162 valence electrons. The van der Waals surface area contributed by atoms with E-state index in [1.165, 1.54) is 12.1 Å². The van der Waals surface area contributed by atoms with Gasteiger partial charge in [-0.25, -0.2) is 14.4 Å². The maximum absolute atomic E-state index is 14.5. The maximum Gasteiger partial charge on any atom is 0.255 e. The van der Waals surface area contributed by atoms with Crippen molar-refractivity contribution in [3.05, 3.63) is 70.3 Å². The van der Waals surface area contributed by atoms with Gasteiger partial charge in [0.15, 0.2) is 0 Å². The summed E-state index contributed by atoms with van der Waals surface area (Å²) in [5.41, 5.74) is 2.69. The summed E-state index contributed by atoms with van der Waals surface area (Å²) >= 11 is 6.23. The number of nitrogens with one attached hydrogen (secondary N) is 2. The molecule has 3 aromatic rings. The normalized spacial score (nSPS) is 17.5. The van der Waals surface area contributed by atoms with Gasteiger partial charge in [-0.3, -0.25) is 9.59 Å². The molecule has 0 aliphatic carbocycles. The summed E-state index contributed by atoms with van der Waals surface area (Å²) in [4.78, 5) is 35.3. The molecule has 0 spiro atoms. The minimum atomic E-state index is -0.498. The molecule has 0 saturated carbocycles. The quantitative estimate of drug-likeness (QED) is 0.628. The number of halogens is 2. The van der Waals surface area contributed by atoms with Gasteiger partial charge in [-0.2, -0.15) is 0 Å². The highest BCUT2D eigenvalue weighted by atomic mass is 35.5. The Morgan fingerprint density at radius 2 is 2.06 bits per heavy atom. The van der Waals surface area contributed by atoms with Crippen LogP contribution in [0.1, 0.15) is 34.0 Å². The Morgan fingerprint density at radius 1 is 1.22 bits per heavy atom. The lowest BCUT2D eigenvalue weighted by molar-refractivity contribution is -0.127. The zero-order chi connectivity index (χ0) is 22.4. The molecular formula is C23H19ClFN5O2. The fourth-order valence-corrected chi connectivity index (χ4v) is 4.42. The molecule has 0 bridgehead atoms. The van der Waals surface area contributed by atoms with Gasteiger partial charge in [0.05, 0.1) is 45.7 Å². The van der Waals surface area contributed by atoms with Crippen LogP contribution >= 0.6 is 11.6 Å². The molecule has 1 aromatic carbocycles. The van der Waals surface area contributed by atoms with Crippen molar-refractivity contribution in [1.82, 2.24) is 20.2 Å². The van der Waals surface area contributed by atoms with Crippen LogP contribution in [0.2, 0.25) is 5.02 Å². The van der Waals surface area contributed by atoms with E-state index in [1.54, 1.807) is 36.3 Å². The fraction of sp³-hybridized carbons (Fsp3) is 0.217. The van der Waals surface area contributed by atoms with Crippen molar-refractivity contribution >= 4 is 34.9 Å². The van der Waals surface area contributed by atoms with E-state index in [1.807, 2.05) is 6.07 Å². The highest BCUT2D eigenvalue weighted by Gasteiger charge is 2.31. The monoisotopic (exact) mass is 451 g/mol. The summed E-state index contributed by atoms with van der Waals surface area (Å²) < 4.78 is 14.5. The van der Waals surface area contributed by atoms with Gasteiger partial charge in [-0.15, -0.1) is 0 Å². The zero-order valence-electron chi connectivity index (χ0n) is 17.2. The van der Waals surface area contributed by atoms with Gasteiger partial charge in [0.2, 0.25) is 5.91 Å². The zero-order valence-corrected chi connectivity index (χ0v) is 17.9. The van der Waals surface area contributed by atoms with Crippen LogP contribution < -0.4 is 10.6 Å². The van der Waals surface area contributed by atoms with Crippen molar-refractivity contribution in [2.24, 2.45) is 0 Å². The highest BCUT2D eigenvalue weighted by Crippen LogP contribution is 2.35. The Bertz CT molecular complexity index is 1230. The number of anilines is 2. The number of benzene rings is 1. The first kappa shape index (κ1) is 20.4. The molecule has 1 fully saturated rings. The number of fused-ring (bicyclic) bond motifs is 1. The molecule has 4 heterocycles. The Morgan fingerprint density at radius 3 is 2.75 bits per heavy atom. The molecule has 7 nitrogen and oxygen atoms in total. The second kappa shape index (κ2) is 7.87. The summed E-state index contributed by atoms with van der Waals surface area (Å²) in [6.45, 7) is 0.968. The topological polar surface area (TPSA) is 87.2 Å². The molecule has 2 amide bonds. The largest absolute Gasteiger partial charge is 0.346 e. The Balaban J connectivity index is 1.50. The molecule has 5 rings (SSSR count). The van der Waals surface area contributed by atoms with Crippen LogP contribution in [0, 0.1) is 5.82 Å². The summed E-state index contributed by atoms with van der Waals surface area (Å²) in [5.74, 6) is -0.375. The lowest BCUT2D eigenvalue weighted by Crippen LogP contribution is -2.21. The molecular weight excluding hydrogens is 433 g/mol. The van der Waals surface area contributed by atoms with Crippen LogP contribution in [0.25, 0.3) is 11.3 Å². The van der Waals surface area contributed by atoms with Crippen LogP contribution in [0.3, 0.4) is 0 Å². The van der Waals surface area contributed by atoms with Crippen LogP contribution in [0.4, 0.5) is 15.9 Å². The van der Waals surface area contributed by atoms with Crippen LogP contribution in [-0.2, 0) is 11.3 Å². The number of hydrogen-bond acceptors (Lipinski definition) is 5. The SMILES string of the molecule is CN1CC[C@H](c2ccc(Nc3cc(-c4c(F)cccc4Cl)nc4c3C(=O)NC4)nc2)C1=O. The Hall–Kier alpha value is -3.52. The van der Waals surface area contributed by atoms with Crippen molar-refractivity contribution in [1.29, 1.82) is 0 Å². The molecule has 32 heavy (non-hydrogen) atoms. The minimum absolute atomic E-state index is 0.0857. The average molecular weight is 452 g/mol. The van der Waals surface area contributed by atoms with Crippen molar-refractivity contribution < 1.29 is 14.0 Å². The second-order valence-corrected chi connectivity index (χ2v) is 8.27. The summed E-state index contributed by atoms with van der Waals surface area (Å²) in [6.07, 6.45) is 2.43. The number of aromatic nitrogens is 2. The second-order valence-electron chi connectivity index (χ2n) is 7.86. The van der Waals surface area contributed by atoms with Crippen molar-refractivity contribution in [2.45, 2.75) is 18.9 Å². The predicted molar refractivity (Wildman–Crippen MR) is 118 cm³/mol. The smallest absolute Gasteiger partial charge is 0.255 e. The van der Waals surface area contributed by atoms with Gasteiger partial charge in [0.25, 0.3) is 5.91 Å². The average Bonchev–Trinajstić information content (AvgIpc) is 3.31. The van der Waals surface area contributed by atoms with Gasteiger partial charge in [0, 0.05) is 19.8 Å². The van der Waals surface area contributed by atoms with E-state index in [2.05, 4.69) is 20.6 Å². The number of carbonyl (C=O) groups is 2. The molecule has 1 saturated heterocycles. The van der Waals surface area contributed by atoms with E-state index < -0.39 is 5.82 Å². The first-order chi connectivity index (χ1) is 15.4. The van der Waals surface area contributed by atoms with Gasteiger partial charge >= 0.3 is 0 Å². The maximum atomic E-state index is 14.5. The van der Waals surface area contributed by atoms with E-state index >= 15 is 0 Å². The predicted octanol–water partition coefficient (Wildman–Crippen LogP) is 3.87. The van der Waals surface area contributed by atoms with Crippen LogP contribution in [0.5, 0.6) is 0 Å². The standard InChI is InChI=1S/C23H19ClFN5O2/c1-30-8-7-13(23(30)32)12-5-6-19(26-10-12)29-17-9-16(20-14(24)3-2-4-15(20)25)28-18-11-27-22(31)21(17)18/h2-6,9-10,13H,7-8,11H2,1H3,(H,27,31)(H,26,28,29)/t13-/m1/s1. The Labute approximate surface area is 188 Å². The summed E-state index contributed by atoms with van der Waals surface area (Å²) in [5, 5.41) is 6.12. The van der Waals surface area contributed by atoms with E-state index in [0.717, 1.165) is 18.5 Å². The van der Waals surface area contributed by atoms with Gasteiger partial charge in [0.1, 0.15) is 11.6 Å². The summed E-state index contributed by atoms with van der Waals surface area (Å²) in [7, 11) is 1.79. The number of nitrogens with zero attached hydrogens (tertiary/aromatic N) is 3. The van der Waals surface area contributed by atoms with Crippen LogP contribution in [0.15, 0.2) is 42.6 Å². The van der Waals surface area contributed by atoms with Crippen molar-refractivity contribution in [3.8, 4) is 11.3 Å². The first-order valence-corrected chi connectivity index (χ1v) is 10.5. The number of amides is 2. The third kappa shape index (κ3) is 3.46. The lowest BCUT2D eigenvalue weighted by Gasteiger charge is -2.14. The van der Waals surface area contributed by atoms with E-state index in [0.29, 0.717) is 28.5 Å². The Kier molecular flexibility index (Phi) is 5.01. The van der Waals surface area contributed by atoms with Gasteiger partial charge in [-0.05, 0) is 36.2 Å². The molecule has 2 N–H and O–H groups in total. The molecule has 2 aromatic heterocycles. The molecule has 0 radical (unpaired) electrons. The number of likely N-dealkylation sites (tertiary alicyclic amines) is 1. The van der Waals surface area contributed by atoms with Gasteiger partial charge in [-0.1, -0.05) is 23.7 Å². The van der Waals surface area contributed by atoms with E-state index in [-0.39, 0.29) is 34.9 Å². The number of carbonyl (C=O) groups excluding carboxylic acids is 2. The number of rotatable bonds is 4. The third-order valence-corrected chi connectivity index (χ3v) is 6.15. The third-order valence-electron chi connectivity index (χ3n) is 5.84. The van der Waals surface area contributed by atoms with Gasteiger partial charge < -0.3 is 15.5 Å². The van der Waals surface area contributed by atoms with Crippen LogP contribution in [-0.4, -0.2) is 40.3 Å². The molecule has 1 atom stereocenters. The minimum Gasteiger partial charge on any atom is -0.346 e. The van der Waals surface area contributed by atoms with Crippen molar-refractivity contribution in [3.63, 3.8) is 0 Å². The first-order valence-electron chi connectivity index (χ1n) is 10.2. The molecule has 0 unspecified atom stereocenters.